The largest absolute Gasteiger partial charge is 0.368 e. The Morgan fingerprint density at radius 3 is 2.73 bits per heavy atom. The first kappa shape index (κ1) is 8.20. The van der Waals surface area contributed by atoms with Crippen molar-refractivity contribution < 1.29 is 4.39 Å². The van der Waals surface area contributed by atoms with Gasteiger partial charge in [0, 0.05) is 0 Å². The van der Waals surface area contributed by atoms with Crippen molar-refractivity contribution in [1.82, 2.24) is 9.97 Å². The molecular weight excluding hydrogens is 169 g/mol. The maximum atomic E-state index is 12.9. The summed E-state index contributed by atoms with van der Waals surface area (Å²) in [5.74, 6) is -0.573. The fraction of sp³-hybridized carbons (Fsp3) is 0.333. The molecule has 1 aromatic heterocycles. The third-order valence-electron chi connectivity index (χ3n) is 1.23. The molecule has 1 heterocycles. The molecule has 0 unspecified atom stereocenters. The van der Waals surface area contributed by atoms with Crippen molar-refractivity contribution in [3.8, 4) is 0 Å². The third-order valence-corrected chi connectivity index (χ3v) is 1.48. The van der Waals surface area contributed by atoms with Gasteiger partial charge in [0.1, 0.15) is 0 Å². The van der Waals surface area contributed by atoms with E-state index in [0.717, 1.165) is 0 Å². The predicted octanol–water partition coefficient (Wildman–Crippen LogP) is 1.41. The summed E-state index contributed by atoms with van der Waals surface area (Å²) in [6.07, 6.45) is 0.457. The molecule has 1 rings (SSSR count). The Bertz CT molecular complexity index is 277. The predicted molar refractivity (Wildman–Crippen MR) is 40.8 cm³/mol. The van der Waals surface area contributed by atoms with Gasteiger partial charge in [0.2, 0.25) is 5.95 Å². The minimum atomic E-state index is -0.580. The lowest BCUT2D eigenvalue weighted by Gasteiger charge is -2.00. The van der Waals surface area contributed by atoms with Gasteiger partial charge >= 0.3 is 0 Å². The molecule has 0 radical (unpaired) electrons. The summed E-state index contributed by atoms with van der Waals surface area (Å²) in [5, 5.41) is -0.214. The van der Waals surface area contributed by atoms with Gasteiger partial charge < -0.3 is 5.73 Å². The van der Waals surface area contributed by atoms with Crippen LogP contribution in [-0.2, 0) is 6.42 Å². The van der Waals surface area contributed by atoms with E-state index in [-0.39, 0.29) is 16.8 Å². The quantitative estimate of drug-likeness (QED) is 0.657. The minimum absolute atomic E-state index is 0.00764. The number of nitrogens with two attached hydrogens (primary N) is 1. The smallest absolute Gasteiger partial charge is 0.221 e. The van der Waals surface area contributed by atoms with Gasteiger partial charge in [-0.25, -0.2) is 9.37 Å². The molecule has 0 aliphatic carbocycles. The van der Waals surface area contributed by atoms with Crippen molar-refractivity contribution in [2.45, 2.75) is 13.3 Å². The maximum absolute atomic E-state index is 12.9. The Morgan fingerprint density at radius 2 is 2.18 bits per heavy atom. The average Bonchev–Trinajstić information content (AvgIpc) is 1.96. The molecule has 0 spiro atoms. The average molecular weight is 176 g/mol. The topological polar surface area (TPSA) is 51.8 Å². The van der Waals surface area contributed by atoms with Crippen LogP contribution in [0.15, 0.2) is 0 Å². The van der Waals surface area contributed by atoms with Crippen LogP contribution in [0.5, 0.6) is 0 Å². The molecule has 0 aliphatic rings. The maximum Gasteiger partial charge on any atom is 0.221 e. The highest BCUT2D eigenvalue weighted by Gasteiger charge is 2.08. The van der Waals surface area contributed by atoms with E-state index in [4.69, 9.17) is 17.3 Å². The molecule has 0 saturated heterocycles. The SMILES string of the molecule is CCc1nc(N)nc(Cl)c1F. The second-order valence-corrected chi connectivity index (χ2v) is 2.34. The van der Waals surface area contributed by atoms with Gasteiger partial charge in [-0.05, 0) is 6.42 Å². The van der Waals surface area contributed by atoms with E-state index in [1.54, 1.807) is 6.92 Å². The minimum Gasteiger partial charge on any atom is -0.368 e. The molecule has 0 fully saturated rings. The summed E-state index contributed by atoms with van der Waals surface area (Å²) < 4.78 is 12.9. The highest BCUT2D eigenvalue weighted by Crippen LogP contribution is 2.15. The zero-order valence-corrected chi connectivity index (χ0v) is 6.69. The first-order valence-electron chi connectivity index (χ1n) is 3.12. The van der Waals surface area contributed by atoms with Crippen molar-refractivity contribution in [2.24, 2.45) is 0 Å². The summed E-state index contributed by atoms with van der Waals surface area (Å²) in [6, 6.07) is 0. The van der Waals surface area contributed by atoms with Crippen LogP contribution in [0.25, 0.3) is 0 Å². The van der Waals surface area contributed by atoms with Gasteiger partial charge in [-0.3, -0.25) is 0 Å². The van der Waals surface area contributed by atoms with Crippen molar-refractivity contribution in [3.63, 3.8) is 0 Å². The fourth-order valence-corrected chi connectivity index (χ4v) is 0.911. The number of aryl methyl sites for hydroxylation is 1. The van der Waals surface area contributed by atoms with Gasteiger partial charge in [0.15, 0.2) is 11.0 Å². The van der Waals surface area contributed by atoms with Crippen molar-refractivity contribution >= 4 is 17.5 Å². The van der Waals surface area contributed by atoms with Gasteiger partial charge in [-0.2, -0.15) is 4.98 Å². The molecular formula is C6H7ClFN3. The summed E-state index contributed by atoms with van der Waals surface area (Å²) in [5.41, 5.74) is 5.48. The zero-order chi connectivity index (χ0) is 8.43. The Hall–Kier alpha value is -0.900. The lowest BCUT2D eigenvalue weighted by molar-refractivity contribution is 0.595. The van der Waals surface area contributed by atoms with Crippen molar-refractivity contribution in [2.75, 3.05) is 5.73 Å². The molecule has 60 valence electrons. The first-order valence-corrected chi connectivity index (χ1v) is 3.50. The lowest BCUT2D eigenvalue weighted by atomic mass is 10.3. The van der Waals surface area contributed by atoms with E-state index in [1.165, 1.54) is 0 Å². The van der Waals surface area contributed by atoms with Crippen LogP contribution in [0.1, 0.15) is 12.6 Å². The number of nitrogen functional groups attached to an aromatic ring is 1. The van der Waals surface area contributed by atoms with Crippen LogP contribution < -0.4 is 5.73 Å². The molecule has 0 saturated carbocycles. The van der Waals surface area contributed by atoms with E-state index in [9.17, 15) is 4.39 Å². The van der Waals surface area contributed by atoms with Gasteiger partial charge in [-0.15, -0.1) is 0 Å². The Labute approximate surface area is 68.4 Å². The third kappa shape index (κ3) is 1.57. The molecule has 0 atom stereocenters. The fourth-order valence-electron chi connectivity index (χ4n) is 0.715. The second kappa shape index (κ2) is 3.00. The van der Waals surface area contributed by atoms with Gasteiger partial charge in [0.05, 0.1) is 5.69 Å². The Balaban J connectivity index is 3.24. The first-order chi connectivity index (χ1) is 5.15. The molecule has 5 heteroatoms. The van der Waals surface area contributed by atoms with E-state index in [2.05, 4.69) is 9.97 Å². The lowest BCUT2D eigenvalue weighted by Crippen LogP contribution is -2.02. The zero-order valence-electron chi connectivity index (χ0n) is 5.93. The van der Waals surface area contributed by atoms with E-state index >= 15 is 0 Å². The molecule has 0 aromatic carbocycles. The monoisotopic (exact) mass is 175 g/mol. The van der Waals surface area contributed by atoms with E-state index in [0.29, 0.717) is 6.42 Å². The van der Waals surface area contributed by atoms with Crippen LogP contribution in [-0.4, -0.2) is 9.97 Å². The molecule has 2 N–H and O–H groups in total. The standard InChI is InChI=1S/C6H7ClFN3/c1-2-3-4(8)5(7)11-6(9)10-3/h2H2,1H3,(H2,9,10,11). The van der Waals surface area contributed by atoms with Crippen LogP contribution in [0.3, 0.4) is 0 Å². The number of hydrogen-bond donors (Lipinski definition) is 1. The molecule has 3 nitrogen and oxygen atoms in total. The van der Waals surface area contributed by atoms with Crippen LogP contribution in [0.4, 0.5) is 10.3 Å². The number of anilines is 1. The van der Waals surface area contributed by atoms with E-state index < -0.39 is 5.82 Å². The van der Waals surface area contributed by atoms with Gasteiger partial charge in [-0.1, -0.05) is 18.5 Å². The summed E-state index contributed by atoms with van der Waals surface area (Å²) in [4.78, 5) is 7.10. The highest BCUT2D eigenvalue weighted by atomic mass is 35.5. The number of hydrogen-bond acceptors (Lipinski definition) is 3. The van der Waals surface area contributed by atoms with Crippen LogP contribution in [0.2, 0.25) is 5.15 Å². The summed E-state index contributed by atoms with van der Waals surface area (Å²) in [7, 11) is 0. The highest BCUT2D eigenvalue weighted by molar-refractivity contribution is 6.29. The van der Waals surface area contributed by atoms with Crippen LogP contribution in [0, 0.1) is 5.82 Å². The number of aromatic nitrogens is 2. The Morgan fingerprint density at radius 1 is 1.55 bits per heavy atom. The second-order valence-electron chi connectivity index (χ2n) is 1.99. The van der Waals surface area contributed by atoms with Crippen LogP contribution >= 0.6 is 11.6 Å². The molecule has 11 heavy (non-hydrogen) atoms. The number of halogens is 2. The summed E-state index contributed by atoms with van der Waals surface area (Å²) >= 11 is 5.39. The molecule has 0 aliphatic heterocycles. The Kier molecular flexibility index (Phi) is 2.24. The normalized spacial score (nSPS) is 10.1. The number of nitrogens with zero attached hydrogens (tertiary/aromatic N) is 2. The molecule has 0 bridgehead atoms. The van der Waals surface area contributed by atoms with Crippen molar-refractivity contribution in [3.05, 3.63) is 16.7 Å². The molecule has 1 aromatic rings. The number of rotatable bonds is 1. The van der Waals surface area contributed by atoms with E-state index in [1.807, 2.05) is 0 Å². The summed E-state index contributed by atoms with van der Waals surface area (Å²) in [6.45, 7) is 1.77. The van der Waals surface area contributed by atoms with Gasteiger partial charge in [0.25, 0.3) is 0 Å². The van der Waals surface area contributed by atoms with Crippen molar-refractivity contribution in [1.29, 1.82) is 0 Å². The molecule has 0 amide bonds.